The summed E-state index contributed by atoms with van der Waals surface area (Å²) in [5, 5.41) is 16.8. The van der Waals surface area contributed by atoms with Crippen molar-refractivity contribution in [3.05, 3.63) is 16.4 Å². The Morgan fingerprint density at radius 3 is 2.93 bits per heavy atom. The van der Waals surface area contributed by atoms with Crippen LogP contribution in [0.25, 0.3) is 0 Å². The molecule has 82 valence electrons. The second-order valence-corrected chi connectivity index (χ2v) is 3.43. The first-order valence-electron chi connectivity index (χ1n) is 4.65. The van der Waals surface area contributed by atoms with Crippen LogP contribution in [0, 0.1) is 0 Å². The van der Waals surface area contributed by atoms with Gasteiger partial charge in [-0.3, -0.25) is 19.8 Å². The number of piperazine rings is 1. The molecule has 0 amide bonds. The summed E-state index contributed by atoms with van der Waals surface area (Å²) >= 11 is 0. The smallest absolute Gasteiger partial charge is 0.322 e. The van der Waals surface area contributed by atoms with Crippen molar-refractivity contribution in [1.29, 1.82) is 0 Å². The van der Waals surface area contributed by atoms with Gasteiger partial charge in [-0.05, 0) is 0 Å². The predicted molar refractivity (Wildman–Crippen MR) is 53.1 cm³/mol. The van der Waals surface area contributed by atoms with Crippen LogP contribution in [0.5, 0.6) is 0 Å². The molecule has 0 aliphatic carbocycles. The zero-order chi connectivity index (χ0) is 10.8. The number of carbonyl (C=O) groups is 1. The lowest BCUT2D eigenvalue weighted by molar-refractivity contribution is -0.139. The predicted octanol–water partition coefficient (Wildman–Crippen LogP) is -1.43. The van der Waals surface area contributed by atoms with Gasteiger partial charge in [-0.15, -0.1) is 0 Å². The molecule has 1 fully saturated rings. The van der Waals surface area contributed by atoms with Crippen molar-refractivity contribution in [3.8, 4) is 0 Å². The van der Waals surface area contributed by atoms with Gasteiger partial charge in [-0.2, -0.15) is 0 Å². The lowest BCUT2D eigenvalue weighted by atomic mass is 10.2. The van der Waals surface area contributed by atoms with Gasteiger partial charge >= 0.3 is 5.97 Å². The zero-order valence-electron chi connectivity index (χ0n) is 7.99. The molecule has 2 rings (SSSR count). The van der Waals surface area contributed by atoms with Crippen LogP contribution in [-0.4, -0.2) is 46.9 Å². The van der Waals surface area contributed by atoms with E-state index in [9.17, 15) is 9.59 Å². The number of hydrogen-bond acceptors (Lipinski definition) is 4. The molecule has 1 aliphatic rings. The maximum Gasteiger partial charge on any atom is 0.322 e. The minimum absolute atomic E-state index is 0.213. The van der Waals surface area contributed by atoms with Crippen molar-refractivity contribution in [2.45, 2.75) is 6.04 Å². The SMILES string of the molecule is O=C(O)C1CN(c2cc(=O)[nH][nH]2)CCN1. The van der Waals surface area contributed by atoms with Gasteiger partial charge in [0, 0.05) is 25.7 Å². The van der Waals surface area contributed by atoms with Gasteiger partial charge in [0.1, 0.15) is 11.9 Å². The molecule has 1 unspecified atom stereocenters. The van der Waals surface area contributed by atoms with E-state index in [1.165, 1.54) is 6.07 Å². The highest BCUT2D eigenvalue weighted by Crippen LogP contribution is 2.09. The summed E-state index contributed by atoms with van der Waals surface area (Å²) in [6.45, 7) is 1.62. The molecule has 1 saturated heterocycles. The fraction of sp³-hybridized carbons (Fsp3) is 0.500. The lowest BCUT2D eigenvalue weighted by Gasteiger charge is -2.31. The normalized spacial score (nSPS) is 21.6. The number of rotatable bonds is 2. The Morgan fingerprint density at radius 2 is 2.33 bits per heavy atom. The third-order valence-electron chi connectivity index (χ3n) is 2.40. The van der Waals surface area contributed by atoms with E-state index in [-0.39, 0.29) is 5.56 Å². The van der Waals surface area contributed by atoms with Crippen LogP contribution >= 0.6 is 0 Å². The van der Waals surface area contributed by atoms with Crippen molar-refractivity contribution >= 4 is 11.8 Å². The van der Waals surface area contributed by atoms with Crippen molar-refractivity contribution in [3.63, 3.8) is 0 Å². The first-order valence-corrected chi connectivity index (χ1v) is 4.65. The number of carboxylic acid groups (broad SMARTS) is 1. The Balaban J connectivity index is 2.10. The first kappa shape index (κ1) is 9.78. The molecule has 1 atom stereocenters. The van der Waals surface area contributed by atoms with Gasteiger partial charge in [0.05, 0.1) is 0 Å². The van der Waals surface area contributed by atoms with Crippen LogP contribution < -0.4 is 15.8 Å². The third kappa shape index (κ3) is 2.01. The largest absolute Gasteiger partial charge is 0.480 e. The van der Waals surface area contributed by atoms with E-state index in [1.54, 1.807) is 0 Å². The molecule has 0 spiro atoms. The molecule has 7 heteroatoms. The molecular weight excluding hydrogens is 200 g/mol. The van der Waals surface area contributed by atoms with E-state index in [0.717, 1.165) is 0 Å². The summed E-state index contributed by atoms with van der Waals surface area (Å²) in [6, 6.07) is 0.835. The average Bonchev–Trinajstić information content (AvgIpc) is 2.65. The molecule has 0 saturated carbocycles. The Kier molecular flexibility index (Phi) is 2.46. The van der Waals surface area contributed by atoms with Gasteiger partial charge in [-0.1, -0.05) is 0 Å². The van der Waals surface area contributed by atoms with Gasteiger partial charge in [0.2, 0.25) is 0 Å². The number of anilines is 1. The van der Waals surface area contributed by atoms with Crippen molar-refractivity contribution in [2.24, 2.45) is 0 Å². The van der Waals surface area contributed by atoms with Crippen molar-refractivity contribution < 1.29 is 9.90 Å². The highest BCUT2D eigenvalue weighted by atomic mass is 16.4. The number of nitrogens with zero attached hydrogens (tertiary/aromatic N) is 1. The molecule has 1 aromatic heterocycles. The van der Waals surface area contributed by atoms with Crippen LogP contribution in [-0.2, 0) is 4.79 Å². The van der Waals surface area contributed by atoms with Crippen LogP contribution in [0.2, 0.25) is 0 Å². The number of aromatic nitrogens is 2. The number of aromatic amines is 2. The van der Waals surface area contributed by atoms with Gasteiger partial charge < -0.3 is 15.3 Å². The summed E-state index contributed by atoms with van der Waals surface area (Å²) in [6.07, 6.45) is 0. The number of hydrogen-bond donors (Lipinski definition) is 4. The van der Waals surface area contributed by atoms with Crippen molar-refractivity contribution in [2.75, 3.05) is 24.5 Å². The molecule has 1 aliphatic heterocycles. The average molecular weight is 212 g/mol. The Morgan fingerprint density at radius 1 is 1.53 bits per heavy atom. The second kappa shape index (κ2) is 3.77. The molecule has 0 bridgehead atoms. The molecule has 4 N–H and O–H groups in total. The Bertz CT molecular complexity index is 410. The molecular formula is C8H12N4O3. The lowest BCUT2D eigenvalue weighted by Crippen LogP contribution is -2.54. The van der Waals surface area contributed by atoms with Crippen LogP contribution in [0.3, 0.4) is 0 Å². The van der Waals surface area contributed by atoms with E-state index in [0.29, 0.717) is 25.5 Å². The van der Waals surface area contributed by atoms with E-state index in [2.05, 4.69) is 15.5 Å². The van der Waals surface area contributed by atoms with E-state index < -0.39 is 12.0 Å². The number of aliphatic carboxylic acids is 1. The molecule has 0 radical (unpaired) electrons. The Hall–Kier alpha value is -1.76. The number of nitrogens with one attached hydrogen (secondary N) is 3. The van der Waals surface area contributed by atoms with Gasteiger partial charge in [0.25, 0.3) is 5.56 Å². The minimum Gasteiger partial charge on any atom is -0.480 e. The highest BCUT2D eigenvalue weighted by molar-refractivity contribution is 5.74. The Labute approximate surface area is 85.1 Å². The fourth-order valence-corrected chi connectivity index (χ4v) is 1.63. The summed E-state index contributed by atoms with van der Waals surface area (Å²) < 4.78 is 0. The first-order chi connectivity index (χ1) is 7.16. The van der Waals surface area contributed by atoms with Crippen LogP contribution in [0.15, 0.2) is 10.9 Å². The minimum atomic E-state index is -0.877. The van der Waals surface area contributed by atoms with E-state index in [4.69, 9.17) is 5.11 Å². The third-order valence-corrected chi connectivity index (χ3v) is 2.40. The zero-order valence-corrected chi connectivity index (χ0v) is 7.99. The standard InChI is InChI=1S/C8H12N4O3/c13-7-3-6(10-11-7)12-2-1-9-5(4-12)8(14)15/h3,5,9H,1-2,4H2,(H,14,15)(H2,10,11,13). The summed E-state index contributed by atoms with van der Waals surface area (Å²) in [7, 11) is 0. The quantitative estimate of drug-likeness (QED) is 0.481. The van der Waals surface area contributed by atoms with Crippen LogP contribution in [0.4, 0.5) is 5.82 Å². The maximum absolute atomic E-state index is 10.9. The van der Waals surface area contributed by atoms with Crippen molar-refractivity contribution in [1.82, 2.24) is 15.5 Å². The molecule has 15 heavy (non-hydrogen) atoms. The summed E-state index contributed by atoms with van der Waals surface area (Å²) in [4.78, 5) is 23.5. The number of H-pyrrole nitrogens is 2. The topological polar surface area (TPSA) is 101 Å². The monoisotopic (exact) mass is 212 g/mol. The van der Waals surface area contributed by atoms with E-state index in [1.807, 2.05) is 4.90 Å². The maximum atomic E-state index is 10.9. The molecule has 0 aromatic carbocycles. The highest BCUT2D eigenvalue weighted by Gasteiger charge is 2.25. The fourth-order valence-electron chi connectivity index (χ4n) is 1.63. The van der Waals surface area contributed by atoms with Gasteiger partial charge in [0.15, 0.2) is 0 Å². The molecule has 2 heterocycles. The molecule has 7 nitrogen and oxygen atoms in total. The van der Waals surface area contributed by atoms with Crippen LogP contribution in [0.1, 0.15) is 0 Å². The second-order valence-electron chi connectivity index (χ2n) is 3.43. The molecule has 1 aromatic rings. The summed E-state index contributed by atoms with van der Waals surface area (Å²) in [5.41, 5.74) is -0.213. The number of carboxylic acids is 1. The van der Waals surface area contributed by atoms with Gasteiger partial charge in [-0.25, -0.2) is 0 Å². The van der Waals surface area contributed by atoms with E-state index >= 15 is 0 Å². The summed E-state index contributed by atoms with van der Waals surface area (Å²) in [5.74, 6) is -0.245.